The number of rotatable bonds is 3. The molecule has 3 nitrogen and oxygen atoms in total. The van der Waals surface area contributed by atoms with Gasteiger partial charge in [0.2, 0.25) is 0 Å². The van der Waals surface area contributed by atoms with E-state index in [4.69, 9.17) is 10.3 Å². The van der Waals surface area contributed by atoms with Gasteiger partial charge in [-0.2, -0.15) is 0 Å². The van der Waals surface area contributed by atoms with Gasteiger partial charge >= 0.3 is 0 Å². The van der Waals surface area contributed by atoms with Crippen LogP contribution < -0.4 is 11.3 Å². The summed E-state index contributed by atoms with van der Waals surface area (Å²) in [5.41, 5.74) is 4.48. The molecule has 15 heavy (non-hydrogen) atoms. The molecular formula is C12H14N2O. The minimum atomic E-state index is -0.127. The monoisotopic (exact) mass is 202 g/mol. The van der Waals surface area contributed by atoms with Gasteiger partial charge in [0.05, 0.1) is 6.04 Å². The summed E-state index contributed by atoms with van der Waals surface area (Å²) in [4.78, 5) is 0. The lowest BCUT2D eigenvalue weighted by Crippen LogP contribution is -2.28. The summed E-state index contributed by atoms with van der Waals surface area (Å²) in [7, 11) is 0. The third-order valence-corrected chi connectivity index (χ3v) is 2.39. The Morgan fingerprint density at radius 2 is 2.20 bits per heavy atom. The van der Waals surface area contributed by atoms with Crippen molar-refractivity contribution in [3.8, 4) is 0 Å². The van der Waals surface area contributed by atoms with Crippen molar-refractivity contribution in [3.63, 3.8) is 0 Å². The van der Waals surface area contributed by atoms with Crippen molar-refractivity contribution in [1.82, 2.24) is 5.43 Å². The van der Waals surface area contributed by atoms with Crippen molar-refractivity contribution in [2.45, 2.75) is 13.0 Å². The average molecular weight is 202 g/mol. The Hall–Kier alpha value is -1.58. The van der Waals surface area contributed by atoms with E-state index in [-0.39, 0.29) is 6.04 Å². The molecular weight excluding hydrogens is 188 g/mol. The number of nitrogens with two attached hydrogens (primary N) is 1. The van der Waals surface area contributed by atoms with E-state index >= 15 is 0 Å². The van der Waals surface area contributed by atoms with Crippen LogP contribution in [0, 0.1) is 0 Å². The molecule has 0 aliphatic carbocycles. The van der Waals surface area contributed by atoms with Crippen LogP contribution in [0.25, 0.3) is 11.0 Å². The quantitative estimate of drug-likeness (QED) is 0.457. The minimum absolute atomic E-state index is 0.127. The summed E-state index contributed by atoms with van der Waals surface area (Å²) < 4.78 is 5.68. The van der Waals surface area contributed by atoms with Gasteiger partial charge in [-0.15, -0.1) is 0 Å². The molecule has 1 aromatic heterocycles. The van der Waals surface area contributed by atoms with Gasteiger partial charge in [-0.25, -0.2) is 5.43 Å². The summed E-state index contributed by atoms with van der Waals surface area (Å²) in [6, 6.07) is 9.72. The van der Waals surface area contributed by atoms with Crippen molar-refractivity contribution >= 4 is 11.0 Å². The second kappa shape index (κ2) is 3.88. The normalized spacial score (nSPS) is 12.9. The molecule has 0 spiro atoms. The SMILES string of the molecule is C=C(C)C(NN)c1cc2ccccc2o1. The molecule has 3 N–H and O–H groups in total. The van der Waals surface area contributed by atoms with Crippen LogP contribution in [-0.2, 0) is 0 Å². The fraction of sp³-hybridized carbons (Fsp3) is 0.167. The zero-order valence-electron chi connectivity index (χ0n) is 8.66. The second-order valence-electron chi connectivity index (χ2n) is 3.63. The van der Waals surface area contributed by atoms with E-state index in [1.807, 2.05) is 37.3 Å². The van der Waals surface area contributed by atoms with Crippen LogP contribution >= 0.6 is 0 Å². The molecule has 0 bridgehead atoms. The number of hydrogen-bond donors (Lipinski definition) is 2. The van der Waals surface area contributed by atoms with Crippen LogP contribution in [0.2, 0.25) is 0 Å². The first-order chi connectivity index (χ1) is 7.22. The van der Waals surface area contributed by atoms with E-state index in [0.717, 1.165) is 22.3 Å². The van der Waals surface area contributed by atoms with Crippen LogP contribution in [0.1, 0.15) is 18.7 Å². The van der Waals surface area contributed by atoms with Gasteiger partial charge in [0.25, 0.3) is 0 Å². The largest absolute Gasteiger partial charge is 0.459 e. The Kier molecular flexibility index (Phi) is 2.58. The first-order valence-corrected chi connectivity index (χ1v) is 4.82. The molecule has 1 atom stereocenters. The molecule has 78 valence electrons. The molecule has 2 rings (SSSR count). The standard InChI is InChI=1S/C12H14N2O/c1-8(2)12(14-13)11-7-9-5-3-4-6-10(9)15-11/h3-7,12,14H,1,13H2,2H3. The number of nitrogens with one attached hydrogen (secondary N) is 1. The van der Waals surface area contributed by atoms with Crippen molar-refractivity contribution < 1.29 is 4.42 Å². The smallest absolute Gasteiger partial charge is 0.134 e. The Morgan fingerprint density at radius 1 is 1.47 bits per heavy atom. The number of fused-ring (bicyclic) bond motifs is 1. The van der Waals surface area contributed by atoms with E-state index in [9.17, 15) is 0 Å². The number of furan rings is 1. The Balaban J connectivity index is 2.47. The van der Waals surface area contributed by atoms with E-state index < -0.39 is 0 Å². The molecule has 0 amide bonds. The third-order valence-electron chi connectivity index (χ3n) is 2.39. The summed E-state index contributed by atoms with van der Waals surface area (Å²) in [6.45, 7) is 5.78. The molecule has 3 heteroatoms. The van der Waals surface area contributed by atoms with Crippen molar-refractivity contribution in [2.24, 2.45) is 5.84 Å². The lowest BCUT2D eigenvalue weighted by atomic mass is 10.1. The number of benzene rings is 1. The summed E-state index contributed by atoms with van der Waals surface area (Å²) in [5, 5.41) is 1.08. The molecule has 0 saturated heterocycles. The Labute approximate surface area is 88.5 Å². The van der Waals surface area contributed by atoms with Gasteiger partial charge in [0.1, 0.15) is 11.3 Å². The Bertz CT molecular complexity index is 454. The maximum Gasteiger partial charge on any atom is 0.134 e. The number of para-hydroxylation sites is 1. The van der Waals surface area contributed by atoms with E-state index in [1.165, 1.54) is 0 Å². The molecule has 0 saturated carbocycles. The Morgan fingerprint density at radius 3 is 2.80 bits per heavy atom. The van der Waals surface area contributed by atoms with Gasteiger partial charge in [-0.1, -0.05) is 30.4 Å². The fourth-order valence-corrected chi connectivity index (χ4v) is 1.61. The maximum atomic E-state index is 5.68. The predicted molar refractivity (Wildman–Crippen MR) is 61.1 cm³/mol. The molecule has 0 aliphatic rings. The van der Waals surface area contributed by atoms with Crippen LogP contribution in [0.3, 0.4) is 0 Å². The van der Waals surface area contributed by atoms with E-state index in [2.05, 4.69) is 12.0 Å². The molecule has 2 aromatic rings. The summed E-state index contributed by atoms with van der Waals surface area (Å²) in [6.07, 6.45) is 0. The average Bonchev–Trinajstić information content (AvgIpc) is 2.61. The maximum absolute atomic E-state index is 5.68. The van der Waals surface area contributed by atoms with Crippen molar-refractivity contribution in [1.29, 1.82) is 0 Å². The van der Waals surface area contributed by atoms with E-state index in [0.29, 0.717) is 0 Å². The zero-order chi connectivity index (χ0) is 10.8. The first-order valence-electron chi connectivity index (χ1n) is 4.82. The van der Waals surface area contributed by atoms with Crippen molar-refractivity contribution in [2.75, 3.05) is 0 Å². The minimum Gasteiger partial charge on any atom is -0.459 e. The van der Waals surface area contributed by atoms with Crippen LogP contribution in [0.4, 0.5) is 0 Å². The van der Waals surface area contributed by atoms with Crippen molar-refractivity contribution in [3.05, 3.63) is 48.2 Å². The molecule has 0 aliphatic heterocycles. The highest BCUT2D eigenvalue weighted by Crippen LogP contribution is 2.26. The first kappa shape index (κ1) is 9.96. The molecule has 0 fully saturated rings. The lowest BCUT2D eigenvalue weighted by molar-refractivity contribution is 0.473. The van der Waals surface area contributed by atoms with Crippen LogP contribution in [0.15, 0.2) is 46.9 Å². The van der Waals surface area contributed by atoms with Crippen LogP contribution in [0.5, 0.6) is 0 Å². The van der Waals surface area contributed by atoms with E-state index in [1.54, 1.807) is 0 Å². The summed E-state index contributed by atoms with van der Waals surface area (Å²) in [5.74, 6) is 6.25. The lowest BCUT2D eigenvalue weighted by Gasteiger charge is -2.11. The predicted octanol–water partition coefficient (Wildman–Crippen LogP) is 2.51. The molecule has 1 aromatic carbocycles. The molecule has 0 radical (unpaired) electrons. The highest BCUT2D eigenvalue weighted by Gasteiger charge is 2.14. The number of hydrogen-bond acceptors (Lipinski definition) is 3. The molecule has 1 unspecified atom stereocenters. The topological polar surface area (TPSA) is 51.2 Å². The highest BCUT2D eigenvalue weighted by atomic mass is 16.3. The second-order valence-corrected chi connectivity index (χ2v) is 3.63. The zero-order valence-corrected chi connectivity index (χ0v) is 8.66. The van der Waals surface area contributed by atoms with Gasteiger partial charge in [0, 0.05) is 5.39 Å². The highest BCUT2D eigenvalue weighted by molar-refractivity contribution is 5.77. The van der Waals surface area contributed by atoms with Gasteiger partial charge in [0.15, 0.2) is 0 Å². The van der Waals surface area contributed by atoms with Gasteiger partial charge in [-0.3, -0.25) is 5.84 Å². The van der Waals surface area contributed by atoms with Gasteiger partial charge < -0.3 is 4.42 Å². The van der Waals surface area contributed by atoms with Gasteiger partial charge in [-0.05, 0) is 19.1 Å². The third kappa shape index (κ3) is 1.79. The molecule has 1 heterocycles. The fourth-order valence-electron chi connectivity index (χ4n) is 1.61. The number of hydrazine groups is 1. The summed E-state index contributed by atoms with van der Waals surface area (Å²) >= 11 is 0. The van der Waals surface area contributed by atoms with Crippen LogP contribution in [-0.4, -0.2) is 0 Å².